The smallest absolute Gasteiger partial charge is 0.0338 e. The van der Waals surface area contributed by atoms with Crippen LogP contribution >= 0.6 is 0 Å². The van der Waals surface area contributed by atoms with Gasteiger partial charge in [0.25, 0.3) is 0 Å². The molecule has 1 unspecified atom stereocenters. The molecule has 0 amide bonds. The van der Waals surface area contributed by atoms with Crippen molar-refractivity contribution >= 4 is 0 Å². The third-order valence-corrected chi connectivity index (χ3v) is 3.47. The van der Waals surface area contributed by atoms with E-state index in [1.165, 1.54) is 30.4 Å². The van der Waals surface area contributed by atoms with Gasteiger partial charge in [0.2, 0.25) is 0 Å². The van der Waals surface area contributed by atoms with Gasteiger partial charge in [-0.1, -0.05) is 39.7 Å². The van der Waals surface area contributed by atoms with Gasteiger partial charge >= 0.3 is 0 Å². The fourth-order valence-corrected chi connectivity index (χ4v) is 2.31. The van der Waals surface area contributed by atoms with E-state index in [0.717, 1.165) is 12.5 Å². The summed E-state index contributed by atoms with van der Waals surface area (Å²) in [6, 6.07) is 2.71. The van der Waals surface area contributed by atoms with Crippen molar-refractivity contribution in [2.45, 2.75) is 53.0 Å². The van der Waals surface area contributed by atoms with Gasteiger partial charge in [0.05, 0.1) is 0 Å². The van der Waals surface area contributed by atoms with Crippen molar-refractivity contribution in [1.29, 1.82) is 0 Å². The summed E-state index contributed by atoms with van der Waals surface area (Å²) in [7, 11) is 0. The monoisotopic (exact) mass is 234 g/mol. The molecule has 0 spiro atoms. The van der Waals surface area contributed by atoms with Crippen LogP contribution in [0.4, 0.5) is 0 Å². The summed E-state index contributed by atoms with van der Waals surface area (Å²) >= 11 is 0. The molecule has 0 radical (unpaired) electrons. The standard InChI is InChI=1S/C15H26N2/c1-5-13(6-2)9-15(17-7-3)14-8-12(4)10-16-11-14/h8,10-11,13,15,17H,5-7,9H2,1-4H3. The molecule has 1 aromatic heterocycles. The molecule has 1 atom stereocenters. The van der Waals surface area contributed by atoms with E-state index in [2.05, 4.69) is 44.1 Å². The molecule has 0 saturated heterocycles. The largest absolute Gasteiger partial charge is 0.310 e. The van der Waals surface area contributed by atoms with E-state index in [1.54, 1.807) is 0 Å². The predicted molar refractivity (Wildman–Crippen MR) is 74.1 cm³/mol. The second kappa shape index (κ2) is 7.44. The zero-order valence-corrected chi connectivity index (χ0v) is 11.7. The van der Waals surface area contributed by atoms with E-state index in [4.69, 9.17) is 0 Å². The minimum atomic E-state index is 0.456. The third-order valence-electron chi connectivity index (χ3n) is 3.47. The van der Waals surface area contributed by atoms with E-state index in [9.17, 15) is 0 Å². The Bertz CT molecular complexity index is 318. The van der Waals surface area contributed by atoms with Crippen LogP contribution in [0.3, 0.4) is 0 Å². The molecule has 0 bridgehead atoms. The average molecular weight is 234 g/mol. The predicted octanol–water partition coefficient (Wildman–Crippen LogP) is 3.87. The Morgan fingerprint density at radius 2 is 1.88 bits per heavy atom. The normalized spacial score (nSPS) is 13.0. The number of aromatic nitrogens is 1. The van der Waals surface area contributed by atoms with Gasteiger partial charge in [-0.25, -0.2) is 0 Å². The lowest BCUT2D eigenvalue weighted by Gasteiger charge is -2.23. The Kier molecular flexibility index (Phi) is 6.20. The summed E-state index contributed by atoms with van der Waals surface area (Å²) < 4.78 is 0. The zero-order valence-electron chi connectivity index (χ0n) is 11.7. The first-order chi connectivity index (χ1) is 8.21. The number of pyridine rings is 1. The van der Waals surface area contributed by atoms with E-state index in [1.807, 2.05) is 12.4 Å². The molecule has 0 aliphatic carbocycles. The van der Waals surface area contributed by atoms with Gasteiger partial charge in [0, 0.05) is 18.4 Å². The van der Waals surface area contributed by atoms with Gasteiger partial charge in [-0.2, -0.15) is 0 Å². The molecular formula is C15H26N2. The quantitative estimate of drug-likeness (QED) is 0.774. The fraction of sp³-hybridized carbons (Fsp3) is 0.667. The number of aryl methyl sites for hydroxylation is 1. The summed E-state index contributed by atoms with van der Waals surface area (Å²) in [5.74, 6) is 0.805. The van der Waals surface area contributed by atoms with Crippen LogP contribution in [-0.4, -0.2) is 11.5 Å². The molecule has 0 aliphatic heterocycles. The molecule has 0 aromatic carbocycles. The topological polar surface area (TPSA) is 24.9 Å². The summed E-state index contributed by atoms with van der Waals surface area (Å²) in [5, 5.41) is 3.59. The van der Waals surface area contributed by atoms with Crippen LogP contribution in [0.1, 0.15) is 57.2 Å². The summed E-state index contributed by atoms with van der Waals surface area (Å²) in [4.78, 5) is 4.31. The van der Waals surface area contributed by atoms with Crippen LogP contribution in [0.25, 0.3) is 0 Å². The van der Waals surface area contributed by atoms with Crippen molar-refractivity contribution in [2.75, 3.05) is 6.54 Å². The van der Waals surface area contributed by atoms with Crippen molar-refractivity contribution in [3.63, 3.8) is 0 Å². The Labute approximate surface area is 106 Å². The summed E-state index contributed by atoms with van der Waals surface area (Å²) in [5.41, 5.74) is 2.58. The van der Waals surface area contributed by atoms with E-state index in [-0.39, 0.29) is 0 Å². The lowest BCUT2D eigenvalue weighted by molar-refractivity contribution is 0.375. The molecule has 1 N–H and O–H groups in total. The van der Waals surface area contributed by atoms with Gasteiger partial charge in [-0.05, 0) is 36.9 Å². The maximum atomic E-state index is 4.31. The maximum Gasteiger partial charge on any atom is 0.0338 e. The first kappa shape index (κ1) is 14.2. The number of hydrogen-bond acceptors (Lipinski definition) is 2. The molecule has 2 nitrogen and oxygen atoms in total. The van der Waals surface area contributed by atoms with E-state index in [0.29, 0.717) is 6.04 Å². The van der Waals surface area contributed by atoms with Crippen LogP contribution in [0, 0.1) is 12.8 Å². The molecular weight excluding hydrogens is 208 g/mol. The highest BCUT2D eigenvalue weighted by Gasteiger charge is 2.15. The van der Waals surface area contributed by atoms with E-state index < -0.39 is 0 Å². The Hall–Kier alpha value is -0.890. The highest BCUT2D eigenvalue weighted by atomic mass is 14.9. The van der Waals surface area contributed by atoms with Crippen molar-refractivity contribution in [3.8, 4) is 0 Å². The van der Waals surface area contributed by atoms with Crippen LogP contribution in [0.15, 0.2) is 18.5 Å². The number of nitrogens with zero attached hydrogens (tertiary/aromatic N) is 1. The molecule has 0 fully saturated rings. The molecule has 0 saturated carbocycles. The molecule has 1 rings (SSSR count). The van der Waals surface area contributed by atoms with Gasteiger partial charge in [0.15, 0.2) is 0 Å². The van der Waals surface area contributed by atoms with Crippen molar-refractivity contribution in [1.82, 2.24) is 10.3 Å². The minimum Gasteiger partial charge on any atom is -0.310 e. The Morgan fingerprint density at radius 1 is 1.18 bits per heavy atom. The number of nitrogens with one attached hydrogen (secondary N) is 1. The lowest BCUT2D eigenvalue weighted by Crippen LogP contribution is -2.23. The maximum absolute atomic E-state index is 4.31. The fourth-order valence-electron chi connectivity index (χ4n) is 2.31. The van der Waals surface area contributed by atoms with E-state index >= 15 is 0 Å². The molecule has 0 aliphatic rings. The van der Waals surface area contributed by atoms with Crippen LogP contribution < -0.4 is 5.32 Å². The first-order valence-electron chi connectivity index (χ1n) is 6.86. The van der Waals surface area contributed by atoms with Crippen LogP contribution in [0.5, 0.6) is 0 Å². The Morgan fingerprint density at radius 3 is 2.41 bits per heavy atom. The lowest BCUT2D eigenvalue weighted by atomic mass is 9.91. The third kappa shape index (κ3) is 4.47. The van der Waals surface area contributed by atoms with Gasteiger partial charge in [-0.3, -0.25) is 4.98 Å². The van der Waals surface area contributed by atoms with Gasteiger partial charge in [-0.15, -0.1) is 0 Å². The van der Waals surface area contributed by atoms with Crippen molar-refractivity contribution in [2.24, 2.45) is 5.92 Å². The van der Waals surface area contributed by atoms with Gasteiger partial charge in [0.1, 0.15) is 0 Å². The Balaban J connectivity index is 2.77. The molecule has 2 heteroatoms. The highest BCUT2D eigenvalue weighted by Crippen LogP contribution is 2.25. The molecule has 1 aromatic rings. The second-order valence-electron chi connectivity index (χ2n) is 4.82. The minimum absolute atomic E-state index is 0.456. The molecule has 1 heterocycles. The van der Waals surface area contributed by atoms with Crippen LogP contribution in [0.2, 0.25) is 0 Å². The average Bonchev–Trinajstić information content (AvgIpc) is 2.34. The van der Waals surface area contributed by atoms with Gasteiger partial charge < -0.3 is 5.32 Å². The molecule has 17 heavy (non-hydrogen) atoms. The van der Waals surface area contributed by atoms with Crippen molar-refractivity contribution < 1.29 is 0 Å². The first-order valence-corrected chi connectivity index (χ1v) is 6.86. The SMILES string of the molecule is CCNC(CC(CC)CC)c1cncc(C)c1. The molecule has 96 valence electrons. The number of rotatable bonds is 7. The summed E-state index contributed by atoms with van der Waals surface area (Å²) in [6.45, 7) is 9.86. The second-order valence-corrected chi connectivity index (χ2v) is 4.82. The highest BCUT2D eigenvalue weighted by molar-refractivity contribution is 5.20. The zero-order chi connectivity index (χ0) is 12.7. The summed E-state index contributed by atoms with van der Waals surface area (Å²) in [6.07, 6.45) is 7.66. The van der Waals surface area contributed by atoms with Crippen molar-refractivity contribution in [3.05, 3.63) is 29.6 Å². The number of hydrogen-bond donors (Lipinski definition) is 1. The van der Waals surface area contributed by atoms with Crippen LogP contribution in [-0.2, 0) is 0 Å².